The third kappa shape index (κ3) is 6.90. The van der Waals surface area contributed by atoms with Gasteiger partial charge in [0.15, 0.2) is 5.78 Å². The van der Waals surface area contributed by atoms with E-state index in [-0.39, 0.29) is 17.6 Å². The van der Waals surface area contributed by atoms with Gasteiger partial charge in [0, 0.05) is 16.8 Å². The maximum atomic E-state index is 13.0. The van der Waals surface area contributed by atoms with Crippen LogP contribution in [-0.2, 0) is 4.79 Å². The lowest BCUT2D eigenvalue weighted by Crippen LogP contribution is -2.30. The molecule has 0 aliphatic heterocycles. The van der Waals surface area contributed by atoms with Gasteiger partial charge in [0.2, 0.25) is 0 Å². The lowest BCUT2D eigenvalue weighted by Gasteiger charge is -2.12. The smallest absolute Gasteiger partial charge is 0.272 e. The molecule has 3 aromatic carbocycles. The topological polar surface area (TPSA) is 84.5 Å². The molecule has 0 aliphatic rings. The fraction of sp³-hybridized carbons (Fsp3) is 0.148. The van der Waals surface area contributed by atoms with Gasteiger partial charge in [0.1, 0.15) is 11.4 Å². The van der Waals surface area contributed by atoms with Gasteiger partial charge in [-0.2, -0.15) is 0 Å². The number of ketones is 1. The highest BCUT2D eigenvalue weighted by atomic mass is 16.5. The van der Waals surface area contributed by atoms with Crippen molar-refractivity contribution in [2.24, 2.45) is 0 Å². The minimum absolute atomic E-state index is 0.0484. The zero-order valence-corrected chi connectivity index (χ0v) is 18.8. The van der Waals surface area contributed by atoms with Gasteiger partial charge < -0.3 is 15.4 Å². The van der Waals surface area contributed by atoms with Crippen LogP contribution in [0.25, 0.3) is 6.08 Å². The van der Waals surface area contributed by atoms with Gasteiger partial charge in [-0.25, -0.2) is 0 Å². The van der Waals surface area contributed by atoms with Crippen LogP contribution in [0, 0.1) is 0 Å². The van der Waals surface area contributed by atoms with Crippen molar-refractivity contribution in [3.05, 3.63) is 101 Å². The summed E-state index contributed by atoms with van der Waals surface area (Å²) in [5.41, 5.74) is 2.28. The molecule has 0 unspecified atom stereocenters. The molecule has 0 radical (unpaired) electrons. The summed E-state index contributed by atoms with van der Waals surface area (Å²) in [5, 5.41) is 5.47. The molecule has 3 aromatic rings. The van der Waals surface area contributed by atoms with E-state index >= 15 is 0 Å². The molecule has 2 N–H and O–H groups in total. The first-order valence-corrected chi connectivity index (χ1v) is 10.6. The molecule has 0 saturated heterocycles. The summed E-state index contributed by atoms with van der Waals surface area (Å²) in [6.07, 6.45) is 1.64. The highest BCUT2D eigenvalue weighted by Gasteiger charge is 2.15. The molecule has 168 valence electrons. The average molecular weight is 443 g/mol. The summed E-state index contributed by atoms with van der Waals surface area (Å²) in [6, 6.07) is 22.4. The molecule has 0 fully saturated rings. The number of amides is 2. The Labute approximate surface area is 193 Å². The van der Waals surface area contributed by atoms with Crippen molar-refractivity contribution in [2.75, 3.05) is 5.32 Å². The quantitative estimate of drug-likeness (QED) is 0.376. The summed E-state index contributed by atoms with van der Waals surface area (Å²) in [6.45, 7) is 5.36. The second kappa shape index (κ2) is 10.9. The second-order valence-electron chi connectivity index (χ2n) is 7.70. The van der Waals surface area contributed by atoms with Crippen molar-refractivity contribution >= 4 is 29.4 Å². The summed E-state index contributed by atoms with van der Waals surface area (Å²) in [5.74, 6) is -0.235. The third-order valence-electron chi connectivity index (χ3n) is 4.64. The van der Waals surface area contributed by atoms with Crippen LogP contribution < -0.4 is 15.4 Å². The van der Waals surface area contributed by atoms with Crippen LogP contribution in [0.15, 0.2) is 84.6 Å². The number of hydrogen-bond acceptors (Lipinski definition) is 4. The Morgan fingerprint density at radius 3 is 2.03 bits per heavy atom. The minimum atomic E-state index is -0.489. The molecule has 0 heterocycles. The van der Waals surface area contributed by atoms with E-state index in [9.17, 15) is 14.4 Å². The van der Waals surface area contributed by atoms with Crippen molar-refractivity contribution < 1.29 is 19.1 Å². The van der Waals surface area contributed by atoms with Crippen LogP contribution in [0.2, 0.25) is 0 Å². The Bertz CT molecular complexity index is 1150. The summed E-state index contributed by atoms with van der Waals surface area (Å²) >= 11 is 0. The number of Topliss-reactive ketones (excluding diaryl/α,β-unsaturated/α-hetero) is 1. The van der Waals surface area contributed by atoms with E-state index in [1.807, 2.05) is 19.9 Å². The van der Waals surface area contributed by atoms with Crippen LogP contribution in [0.4, 0.5) is 5.69 Å². The summed E-state index contributed by atoms with van der Waals surface area (Å²) in [7, 11) is 0. The molecule has 0 aliphatic carbocycles. The van der Waals surface area contributed by atoms with Crippen LogP contribution in [0.3, 0.4) is 0 Å². The number of carbonyl (C=O) groups excluding carboxylic acids is 3. The van der Waals surface area contributed by atoms with Crippen molar-refractivity contribution in [1.82, 2.24) is 5.32 Å². The van der Waals surface area contributed by atoms with Crippen molar-refractivity contribution in [3.8, 4) is 5.75 Å². The van der Waals surface area contributed by atoms with Crippen LogP contribution >= 0.6 is 0 Å². The number of anilines is 1. The maximum Gasteiger partial charge on any atom is 0.272 e. The van der Waals surface area contributed by atoms with Crippen molar-refractivity contribution in [1.29, 1.82) is 0 Å². The van der Waals surface area contributed by atoms with Gasteiger partial charge in [0.25, 0.3) is 11.8 Å². The maximum absolute atomic E-state index is 13.0. The largest absolute Gasteiger partial charge is 0.491 e. The van der Waals surface area contributed by atoms with Gasteiger partial charge in [-0.05, 0) is 80.9 Å². The molecule has 0 saturated carbocycles. The highest BCUT2D eigenvalue weighted by molar-refractivity contribution is 6.10. The molecule has 6 heteroatoms. The molecule has 3 rings (SSSR count). The fourth-order valence-corrected chi connectivity index (χ4v) is 3.01. The lowest BCUT2D eigenvalue weighted by atomic mass is 10.1. The highest BCUT2D eigenvalue weighted by Crippen LogP contribution is 2.17. The van der Waals surface area contributed by atoms with Crippen LogP contribution in [-0.4, -0.2) is 23.7 Å². The van der Waals surface area contributed by atoms with Gasteiger partial charge in [-0.3, -0.25) is 14.4 Å². The number of rotatable bonds is 8. The SMILES string of the molecule is CC(=O)c1ccc(NC(=O)/C(=C/c2ccc(OC(C)C)cc2)NC(=O)c2ccccc2)cc1. The molecule has 2 amide bonds. The molecule has 0 bridgehead atoms. The van der Waals surface area contributed by atoms with E-state index in [1.54, 1.807) is 78.9 Å². The van der Waals surface area contributed by atoms with Gasteiger partial charge >= 0.3 is 0 Å². The standard InChI is InChI=1S/C27H26N2O4/c1-18(2)33-24-15-9-20(10-16-24)17-25(29-26(31)22-7-5-4-6-8-22)27(32)28-23-13-11-21(12-14-23)19(3)30/h4-18H,1-3H3,(H,28,32)(H,29,31)/b25-17-. The summed E-state index contributed by atoms with van der Waals surface area (Å²) in [4.78, 5) is 37.2. The van der Waals surface area contributed by atoms with E-state index in [2.05, 4.69) is 10.6 Å². The third-order valence-corrected chi connectivity index (χ3v) is 4.64. The van der Waals surface area contributed by atoms with Crippen LogP contribution in [0.5, 0.6) is 5.75 Å². The molecular formula is C27H26N2O4. The van der Waals surface area contributed by atoms with Gasteiger partial charge in [0.05, 0.1) is 6.10 Å². The first-order chi connectivity index (χ1) is 15.8. The molecule has 6 nitrogen and oxygen atoms in total. The minimum Gasteiger partial charge on any atom is -0.491 e. The number of carbonyl (C=O) groups is 3. The fourth-order valence-electron chi connectivity index (χ4n) is 3.01. The zero-order chi connectivity index (χ0) is 23.8. The lowest BCUT2D eigenvalue weighted by molar-refractivity contribution is -0.113. The number of hydrogen-bond donors (Lipinski definition) is 2. The average Bonchev–Trinajstić information content (AvgIpc) is 2.80. The molecule has 33 heavy (non-hydrogen) atoms. The van der Waals surface area contributed by atoms with Crippen LogP contribution in [0.1, 0.15) is 47.1 Å². The van der Waals surface area contributed by atoms with Crippen molar-refractivity contribution in [3.63, 3.8) is 0 Å². The summed E-state index contributed by atoms with van der Waals surface area (Å²) < 4.78 is 5.66. The monoisotopic (exact) mass is 442 g/mol. The second-order valence-corrected chi connectivity index (χ2v) is 7.70. The molecule has 0 atom stereocenters. The predicted molar refractivity (Wildman–Crippen MR) is 129 cm³/mol. The first-order valence-electron chi connectivity index (χ1n) is 10.6. The first kappa shape index (κ1) is 23.5. The normalized spacial score (nSPS) is 11.1. The van der Waals surface area contributed by atoms with E-state index in [1.165, 1.54) is 6.92 Å². The zero-order valence-electron chi connectivity index (χ0n) is 18.8. The molecule has 0 aromatic heterocycles. The Balaban J connectivity index is 1.85. The van der Waals surface area contributed by atoms with Gasteiger partial charge in [-0.15, -0.1) is 0 Å². The van der Waals surface area contributed by atoms with E-state index in [0.717, 1.165) is 5.56 Å². The Morgan fingerprint density at radius 1 is 0.818 bits per heavy atom. The van der Waals surface area contributed by atoms with E-state index < -0.39 is 11.8 Å². The van der Waals surface area contributed by atoms with Crippen molar-refractivity contribution in [2.45, 2.75) is 26.9 Å². The Kier molecular flexibility index (Phi) is 7.76. The molecular weight excluding hydrogens is 416 g/mol. The molecule has 0 spiro atoms. The Morgan fingerprint density at radius 2 is 1.45 bits per heavy atom. The Hall–Kier alpha value is -4.19. The predicted octanol–water partition coefficient (Wildman–Crippen LogP) is 5.09. The van der Waals surface area contributed by atoms with E-state index in [0.29, 0.717) is 22.6 Å². The number of ether oxygens (including phenoxy) is 1. The number of nitrogens with one attached hydrogen (secondary N) is 2. The van der Waals surface area contributed by atoms with Gasteiger partial charge in [-0.1, -0.05) is 30.3 Å². The number of benzene rings is 3. The van der Waals surface area contributed by atoms with E-state index in [4.69, 9.17) is 4.74 Å².